The average molecular weight is 209 g/mol. The minimum atomic E-state index is -0.416. The van der Waals surface area contributed by atoms with Gasteiger partial charge < -0.3 is 9.30 Å². The zero-order valence-corrected chi connectivity index (χ0v) is 9.19. The number of methoxy groups -OCH3 is 1. The molecule has 0 saturated heterocycles. The lowest BCUT2D eigenvalue weighted by Crippen LogP contribution is -2.06. The van der Waals surface area contributed by atoms with Gasteiger partial charge in [0.05, 0.1) is 18.4 Å². The van der Waals surface area contributed by atoms with E-state index in [1.165, 1.54) is 7.11 Å². The third-order valence-corrected chi connectivity index (χ3v) is 2.03. The lowest BCUT2D eigenvalue weighted by molar-refractivity contribution is 0.0600. The summed E-state index contributed by atoms with van der Waals surface area (Å²) in [4.78, 5) is 22.0. The van der Waals surface area contributed by atoms with Crippen molar-refractivity contribution in [1.29, 1.82) is 0 Å². The van der Waals surface area contributed by atoms with Crippen LogP contribution in [0.1, 0.15) is 34.7 Å². The molecular formula is C11H15NO3. The smallest absolute Gasteiger partial charge is 0.339 e. The predicted octanol–water partition coefficient (Wildman–Crippen LogP) is 1.74. The van der Waals surface area contributed by atoms with Gasteiger partial charge in [-0.25, -0.2) is 4.79 Å². The van der Waals surface area contributed by atoms with Gasteiger partial charge in [-0.2, -0.15) is 0 Å². The second-order valence-electron chi connectivity index (χ2n) is 3.81. The zero-order valence-electron chi connectivity index (χ0n) is 9.19. The Hall–Kier alpha value is -1.58. The van der Waals surface area contributed by atoms with Gasteiger partial charge in [0.15, 0.2) is 6.29 Å². The van der Waals surface area contributed by atoms with Crippen LogP contribution in [-0.2, 0) is 11.3 Å². The Kier molecular flexibility index (Phi) is 3.66. The van der Waals surface area contributed by atoms with Gasteiger partial charge in [-0.05, 0) is 12.0 Å². The van der Waals surface area contributed by atoms with E-state index in [1.807, 2.05) is 13.8 Å². The molecule has 0 aliphatic carbocycles. The molecule has 0 fully saturated rings. The molecule has 4 heteroatoms. The number of nitrogens with zero attached hydrogens (tertiary/aromatic N) is 1. The number of rotatable bonds is 4. The molecule has 0 atom stereocenters. The highest BCUT2D eigenvalue weighted by Crippen LogP contribution is 2.10. The van der Waals surface area contributed by atoms with Crippen molar-refractivity contribution in [2.24, 2.45) is 5.92 Å². The number of hydrogen-bond donors (Lipinski definition) is 0. The van der Waals surface area contributed by atoms with Crippen molar-refractivity contribution in [3.8, 4) is 0 Å². The van der Waals surface area contributed by atoms with E-state index in [0.29, 0.717) is 23.7 Å². The maximum Gasteiger partial charge on any atom is 0.339 e. The topological polar surface area (TPSA) is 48.3 Å². The van der Waals surface area contributed by atoms with Crippen LogP contribution in [0.25, 0.3) is 0 Å². The van der Waals surface area contributed by atoms with Crippen LogP contribution in [0.5, 0.6) is 0 Å². The van der Waals surface area contributed by atoms with Gasteiger partial charge in [0.25, 0.3) is 0 Å². The van der Waals surface area contributed by atoms with Crippen molar-refractivity contribution >= 4 is 12.3 Å². The summed E-state index contributed by atoms with van der Waals surface area (Å²) in [5.41, 5.74) is 0.921. The molecule has 15 heavy (non-hydrogen) atoms. The van der Waals surface area contributed by atoms with E-state index in [0.717, 1.165) is 6.29 Å². The number of aldehydes is 1. The standard InChI is InChI=1S/C11H15NO3/c1-8(2)5-12-6-9(11(14)15-3)4-10(12)7-13/h4,6-8H,5H2,1-3H3. The molecule has 0 aliphatic rings. The van der Waals surface area contributed by atoms with Crippen molar-refractivity contribution in [1.82, 2.24) is 4.57 Å². The molecule has 82 valence electrons. The normalized spacial score (nSPS) is 10.4. The molecular weight excluding hydrogens is 194 g/mol. The quantitative estimate of drug-likeness (QED) is 0.560. The lowest BCUT2D eigenvalue weighted by atomic mass is 10.2. The molecule has 0 spiro atoms. The largest absolute Gasteiger partial charge is 0.465 e. The van der Waals surface area contributed by atoms with Crippen LogP contribution in [0.15, 0.2) is 12.3 Å². The first kappa shape index (κ1) is 11.5. The Morgan fingerprint density at radius 1 is 1.60 bits per heavy atom. The highest BCUT2D eigenvalue weighted by Gasteiger charge is 2.12. The summed E-state index contributed by atoms with van der Waals surface area (Å²) in [6, 6.07) is 1.54. The van der Waals surface area contributed by atoms with Gasteiger partial charge in [0.2, 0.25) is 0 Å². The SMILES string of the molecule is COC(=O)c1cc(C=O)n(CC(C)C)c1. The average Bonchev–Trinajstić information content (AvgIpc) is 2.59. The first-order valence-corrected chi connectivity index (χ1v) is 4.82. The van der Waals surface area contributed by atoms with Gasteiger partial charge in [-0.3, -0.25) is 4.79 Å². The van der Waals surface area contributed by atoms with E-state index in [9.17, 15) is 9.59 Å². The van der Waals surface area contributed by atoms with Crippen molar-refractivity contribution in [3.63, 3.8) is 0 Å². The van der Waals surface area contributed by atoms with Crippen LogP contribution < -0.4 is 0 Å². The van der Waals surface area contributed by atoms with E-state index < -0.39 is 5.97 Å². The van der Waals surface area contributed by atoms with E-state index in [4.69, 9.17) is 0 Å². The minimum absolute atomic E-state index is 0.416. The number of ether oxygens (including phenoxy) is 1. The monoisotopic (exact) mass is 209 g/mol. The fourth-order valence-electron chi connectivity index (χ4n) is 1.40. The number of hydrogen-bond acceptors (Lipinski definition) is 3. The number of carbonyl (C=O) groups excluding carboxylic acids is 2. The van der Waals surface area contributed by atoms with Gasteiger partial charge in [0.1, 0.15) is 0 Å². The van der Waals surface area contributed by atoms with E-state index in [2.05, 4.69) is 4.74 Å². The highest BCUT2D eigenvalue weighted by atomic mass is 16.5. The summed E-state index contributed by atoms with van der Waals surface area (Å²) in [5, 5.41) is 0. The summed E-state index contributed by atoms with van der Waals surface area (Å²) in [6.07, 6.45) is 2.39. The second kappa shape index (κ2) is 4.77. The maximum atomic E-state index is 11.2. The highest BCUT2D eigenvalue weighted by molar-refractivity contribution is 5.91. The molecule has 1 rings (SSSR count). The lowest BCUT2D eigenvalue weighted by Gasteiger charge is -2.07. The molecule has 0 aliphatic heterocycles. The van der Waals surface area contributed by atoms with Crippen LogP contribution in [0, 0.1) is 5.92 Å². The molecule has 1 aromatic rings. The number of carbonyl (C=O) groups is 2. The van der Waals surface area contributed by atoms with Crippen molar-refractivity contribution < 1.29 is 14.3 Å². The molecule has 0 N–H and O–H groups in total. The molecule has 4 nitrogen and oxygen atoms in total. The van der Waals surface area contributed by atoms with Crippen LogP contribution in [0.4, 0.5) is 0 Å². The Morgan fingerprint density at radius 3 is 2.73 bits per heavy atom. The number of esters is 1. The first-order valence-electron chi connectivity index (χ1n) is 4.82. The zero-order chi connectivity index (χ0) is 11.4. The maximum absolute atomic E-state index is 11.2. The Morgan fingerprint density at radius 2 is 2.27 bits per heavy atom. The number of aromatic nitrogens is 1. The molecule has 0 bridgehead atoms. The summed E-state index contributed by atoms with van der Waals surface area (Å²) >= 11 is 0. The summed E-state index contributed by atoms with van der Waals surface area (Å²) in [6.45, 7) is 4.81. The molecule has 0 unspecified atom stereocenters. The molecule has 1 heterocycles. The van der Waals surface area contributed by atoms with Gasteiger partial charge >= 0.3 is 5.97 Å². The predicted molar refractivity (Wildman–Crippen MR) is 56.0 cm³/mol. The summed E-state index contributed by atoms with van der Waals surface area (Å²) in [5.74, 6) is 0.00204. The Labute approximate surface area is 88.8 Å². The summed E-state index contributed by atoms with van der Waals surface area (Å²) in [7, 11) is 1.32. The fourth-order valence-corrected chi connectivity index (χ4v) is 1.40. The van der Waals surface area contributed by atoms with E-state index in [1.54, 1.807) is 16.8 Å². The van der Waals surface area contributed by atoms with Gasteiger partial charge in [-0.1, -0.05) is 13.8 Å². The first-order chi connectivity index (χ1) is 7.08. The van der Waals surface area contributed by atoms with E-state index in [-0.39, 0.29) is 0 Å². The molecule has 1 aromatic heterocycles. The van der Waals surface area contributed by atoms with Crippen LogP contribution >= 0.6 is 0 Å². The third kappa shape index (κ3) is 2.68. The van der Waals surface area contributed by atoms with Crippen molar-refractivity contribution in [2.75, 3.05) is 7.11 Å². The Bertz CT molecular complexity index is 366. The van der Waals surface area contributed by atoms with Gasteiger partial charge in [-0.15, -0.1) is 0 Å². The summed E-state index contributed by atoms with van der Waals surface area (Å²) < 4.78 is 6.35. The van der Waals surface area contributed by atoms with Crippen LogP contribution in [-0.4, -0.2) is 23.9 Å². The molecule has 0 radical (unpaired) electrons. The third-order valence-electron chi connectivity index (χ3n) is 2.03. The van der Waals surface area contributed by atoms with Crippen LogP contribution in [0.2, 0.25) is 0 Å². The van der Waals surface area contributed by atoms with Crippen molar-refractivity contribution in [2.45, 2.75) is 20.4 Å². The molecule has 0 amide bonds. The van der Waals surface area contributed by atoms with E-state index >= 15 is 0 Å². The van der Waals surface area contributed by atoms with Crippen LogP contribution in [0.3, 0.4) is 0 Å². The van der Waals surface area contributed by atoms with Gasteiger partial charge in [0, 0.05) is 12.7 Å². The second-order valence-corrected chi connectivity index (χ2v) is 3.81. The molecule has 0 aromatic carbocycles. The minimum Gasteiger partial charge on any atom is -0.465 e. The fraction of sp³-hybridized carbons (Fsp3) is 0.455. The molecule has 0 saturated carbocycles. The van der Waals surface area contributed by atoms with Crippen molar-refractivity contribution in [3.05, 3.63) is 23.5 Å². The Balaban J connectivity index is 3.00.